The van der Waals surface area contributed by atoms with Gasteiger partial charge in [-0.05, 0) is 18.6 Å². The summed E-state index contributed by atoms with van der Waals surface area (Å²) in [5.41, 5.74) is 3.62. The van der Waals surface area contributed by atoms with E-state index in [4.69, 9.17) is 14.4 Å². The minimum atomic E-state index is -0.793. The number of carbonyl (C=O) groups is 2. The van der Waals surface area contributed by atoms with Crippen LogP contribution in [0.15, 0.2) is 63.8 Å². The minimum absolute atomic E-state index is 0.145. The van der Waals surface area contributed by atoms with E-state index in [0.717, 1.165) is 26.9 Å². The summed E-state index contributed by atoms with van der Waals surface area (Å²) in [5.74, 6) is 0.490. The van der Waals surface area contributed by atoms with Gasteiger partial charge < -0.3 is 14.4 Å². The molecule has 0 aliphatic rings. The Morgan fingerprint density at radius 3 is 2.68 bits per heavy atom. The minimum Gasteiger partial charge on any atom is -0.481 e. The second kappa shape index (κ2) is 11.0. The molecule has 0 saturated heterocycles. The van der Waals surface area contributed by atoms with E-state index in [1.165, 1.54) is 6.26 Å². The van der Waals surface area contributed by atoms with Crippen molar-refractivity contribution in [1.29, 1.82) is 0 Å². The van der Waals surface area contributed by atoms with Gasteiger partial charge in [-0.15, -0.1) is 0 Å². The van der Waals surface area contributed by atoms with Crippen molar-refractivity contribution >= 4 is 45.4 Å². The van der Waals surface area contributed by atoms with E-state index in [1.54, 1.807) is 18.7 Å². The number of carboxylic acids is 1. The van der Waals surface area contributed by atoms with E-state index in [-0.39, 0.29) is 6.42 Å². The fourth-order valence-electron chi connectivity index (χ4n) is 2.81. The van der Waals surface area contributed by atoms with Gasteiger partial charge in [-0.1, -0.05) is 63.6 Å². The Balaban J connectivity index is 1.59. The maximum Gasteiger partial charge on any atom is 0.412 e. The Kier molecular flexibility index (Phi) is 8.13. The van der Waals surface area contributed by atoms with Crippen molar-refractivity contribution < 1.29 is 24.0 Å². The van der Waals surface area contributed by atoms with Gasteiger partial charge >= 0.3 is 12.1 Å². The van der Waals surface area contributed by atoms with Crippen LogP contribution < -0.4 is 5.32 Å². The van der Waals surface area contributed by atoms with E-state index in [2.05, 4.69) is 26.4 Å². The van der Waals surface area contributed by atoms with Crippen LogP contribution in [-0.4, -0.2) is 28.1 Å². The average Bonchev–Trinajstić information content (AvgIpc) is 3.19. The number of anilines is 1. The van der Waals surface area contributed by atoms with Crippen molar-refractivity contribution in [3.05, 3.63) is 70.4 Å². The molecular weight excluding hydrogens is 484 g/mol. The van der Waals surface area contributed by atoms with Crippen molar-refractivity contribution in [3.63, 3.8) is 0 Å². The Bertz CT molecular complexity index is 1040. The lowest BCUT2D eigenvalue weighted by molar-refractivity contribution is -0.136. The molecule has 1 amide bonds. The zero-order chi connectivity index (χ0) is 22.2. The molecular formula is C22H21BrN2O5S. The fraction of sp³-hybridized carbons (Fsp3) is 0.227. The van der Waals surface area contributed by atoms with Crippen LogP contribution in [0.4, 0.5) is 10.5 Å². The Morgan fingerprint density at radius 1 is 1.23 bits per heavy atom. The van der Waals surface area contributed by atoms with Crippen molar-refractivity contribution in [2.45, 2.75) is 25.2 Å². The van der Waals surface area contributed by atoms with Gasteiger partial charge in [0.2, 0.25) is 0 Å². The maximum absolute atomic E-state index is 12.4. The molecule has 2 aromatic carbocycles. The smallest absolute Gasteiger partial charge is 0.412 e. The number of amides is 1. The topological polar surface area (TPSA) is 102 Å². The first kappa shape index (κ1) is 22.9. The number of hydrogen-bond donors (Lipinski definition) is 2. The second-order valence-corrected chi connectivity index (χ2v) is 8.62. The molecule has 0 bridgehead atoms. The third-order valence-corrected chi connectivity index (χ3v) is 6.14. The highest BCUT2D eigenvalue weighted by atomic mass is 79.9. The highest BCUT2D eigenvalue weighted by molar-refractivity contribution is 9.10. The summed E-state index contributed by atoms with van der Waals surface area (Å²) < 4.78 is 11.4. The van der Waals surface area contributed by atoms with E-state index >= 15 is 0 Å². The van der Waals surface area contributed by atoms with Crippen molar-refractivity contribution in [3.8, 4) is 11.3 Å². The summed E-state index contributed by atoms with van der Waals surface area (Å²) in [6, 6.07) is 15.2. The van der Waals surface area contributed by atoms with E-state index in [0.29, 0.717) is 17.1 Å². The lowest BCUT2D eigenvalue weighted by Crippen LogP contribution is -2.16. The summed E-state index contributed by atoms with van der Waals surface area (Å²) in [6.07, 6.45) is 0.443. The van der Waals surface area contributed by atoms with Gasteiger partial charge in [-0.25, -0.2) is 4.79 Å². The van der Waals surface area contributed by atoms with Gasteiger partial charge in [-0.3, -0.25) is 10.1 Å². The number of aliphatic carboxylic acids is 1. The second-order valence-electron chi connectivity index (χ2n) is 6.66. The van der Waals surface area contributed by atoms with Gasteiger partial charge in [0.1, 0.15) is 23.7 Å². The summed E-state index contributed by atoms with van der Waals surface area (Å²) in [7, 11) is 0. The van der Waals surface area contributed by atoms with Crippen molar-refractivity contribution in [2.75, 3.05) is 11.1 Å². The number of carboxylic acid groups (broad SMARTS) is 1. The first-order valence-electron chi connectivity index (χ1n) is 9.49. The zero-order valence-corrected chi connectivity index (χ0v) is 19.1. The number of hydrogen-bond acceptors (Lipinski definition) is 6. The Hall–Kier alpha value is -2.78. The Labute approximate surface area is 192 Å². The van der Waals surface area contributed by atoms with Crippen LogP contribution in [0.5, 0.6) is 0 Å². The van der Waals surface area contributed by atoms with Gasteiger partial charge in [-0.2, -0.15) is 11.8 Å². The summed E-state index contributed by atoms with van der Waals surface area (Å²) in [4.78, 5) is 22.9. The highest BCUT2D eigenvalue weighted by Gasteiger charge is 2.18. The van der Waals surface area contributed by atoms with E-state index in [9.17, 15) is 9.59 Å². The number of rotatable bonds is 9. The molecule has 162 valence electrons. The van der Waals surface area contributed by atoms with Gasteiger partial charge in [0.15, 0.2) is 0 Å². The summed E-state index contributed by atoms with van der Waals surface area (Å²) in [5, 5.41) is 15.4. The molecule has 0 saturated carbocycles. The molecule has 1 heterocycles. The van der Waals surface area contributed by atoms with E-state index in [1.807, 2.05) is 48.5 Å². The monoisotopic (exact) mass is 504 g/mol. The normalized spacial score (nSPS) is 11.7. The largest absolute Gasteiger partial charge is 0.481 e. The molecule has 1 atom stereocenters. The molecule has 2 N–H and O–H groups in total. The number of carbonyl (C=O) groups excluding carboxylic acids is 1. The van der Waals surface area contributed by atoms with Crippen LogP contribution in [0.25, 0.3) is 11.3 Å². The average molecular weight is 505 g/mol. The maximum atomic E-state index is 12.4. The number of benzene rings is 2. The third-order valence-electron chi connectivity index (χ3n) is 4.39. The van der Waals surface area contributed by atoms with Crippen molar-refractivity contribution in [2.24, 2.45) is 0 Å². The molecule has 0 spiro atoms. The number of nitrogens with one attached hydrogen (secondary N) is 1. The van der Waals surface area contributed by atoms with Crippen molar-refractivity contribution in [1.82, 2.24) is 5.16 Å². The lowest BCUT2D eigenvalue weighted by atomic mass is 10.1. The number of halogens is 1. The third kappa shape index (κ3) is 6.60. The molecule has 1 aromatic heterocycles. The number of nitrogens with zero attached hydrogens (tertiary/aromatic N) is 1. The molecule has 0 aliphatic carbocycles. The van der Waals surface area contributed by atoms with E-state index < -0.39 is 18.2 Å². The number of aromatic nitrogens is 1. The molecule has 9 heteroatoms. The lowest BCUT2D eigenvalue weighted by Gasteiger charge is -2.15. The first-order valence-corrected chi connectivity index (χ1v) is 11.4. The molecule has 0 aliphatic heterocycles. The van der Waals surface area contributed by atoms with Crippen LogP contribution in [0.2, 0.25) is 0 Å². The standard InChI is InChI=1S/C22H21BrN2O5S/c1-14(17-4-2-3-5-18(17)23)30-22(28)24-19-12-29-25-21(19)16-8-6-15(7-9-16)13-31-11-10-20(26)27/h2-9,12,14H,10-11,13H2,1H3,(H,24,28)(H,26,27)/t14-/m1/s1. The van der Waals surface area contributed by atoms with Crippen LogP contribution >= 0.6 is 27.7 Å². The van der Waals surface area contributed by atoms with Crippen LogP contribution in [0.3, 0.4) is 0 Å². The quantitative estimate of drug-likeness (QED) is 0.338. The molecule has 0 unspecified atom stereocenters. The molecule has 3 rings (SSSR count). The fourth-order valence-corrected chi connectivity index (χ4v) is 4.31. The Morgan fingerprint density at radius 2 is 1.97 bits per heavy atom. The van der Waals surface area contributed by atoms with Gasteiger partial charge in [0.25, 0.3) is 0 Å². The molecule has 31 heavy (non-hydrogen) atoms. The number of thioether (sulfide) groups is 1. The predicted octanol–water partition coefficient (Wildman–Crippen LogP) is 6.12. The molecule has 0 radical (unpaired) electrons. The summed E-state index contributed by atoms with van der Waals surface area (Å²) >= 11 is 5.02. The highest BCUT2D eigenvalue weighted by Crippen LogP contribution is 2.29. The van der Waals surface area contributed by atoms with Gasteiger partial charge in [0.05, 0.1) is 6.42 Å². The van der Waals surface area contributed by atoms with Crippen LogP contribution in [0.1, 0.15) is 30.6 Å². The SMILES string of the molecule is C[C@@H](OC(=O)Nc1conc1-c1ccc(CSCCC(=O)O)cc1)c1ccccc1Br. The van der Waals surface area contributed by atoms with Gasteiger partial charge in [0, 0.05) is 27.1 Å². The van der Waals surface area contributed by atoms with Crippen LogP contribution in [0, 0.1) is 0 Å². The summed E-state index contributed by atoms with van der Waals surface area (Å²) in [6.45, 7) is 1.79. The predicted molar refractivity (Wildman–Crippen MR) is 123 cm³/mol. The zero-order valence-electron chi connectivity index (χ0n) is 16.7. The van der Waals surface area contributed by atoms with Crippen LogP contribution in [-0.2, 0) is 15.3 Å². The molecule has 7 nitrogen and oxygen atoms in total. The number of ether oxygens (including phenoxy) is 1. The molecule has 3 aromatic rings. The first-order chi connectivity index (χ1) is 14.9. The molecule has 0 fully saturated rings.